The Morgan fingerprint density at radius 2 is 1.36 bits per heavy atom. The van der Waals surface area contributed by atoms with Crippen molar-refractivity contribution in [1.29, 1.82) is 0 Å². The number of carbonyl (C=O) groups excluding carboxylic acids is 2. The second-order valence-corrected chi connectivity index (χ2v) is 8.27. The quantitative estimate of drug-likeness (QED) is 0.410. The lowest BCUT2D eigenvalue weighted by atomic mass is 9.98. The molecule has 33 heavy (non-hydrogen) atoms. The number of fused-ring (bicyclic) bond motifs is 2. The van der Waals surface area contributed by atoms with Gasteiger partial charge in [-0.25, -0.2) is 0 Å². The fourth-order valence-electron chi connectivity index (χ4n) is 4.30. The summed E-state index contributed by atoms with van der Waals surface area (Å²) in [5.74, 6) is 0.0363. The zero-order valence-electron chi connectivity index (χ0n) is 18.2. The second kappa shape index (κ2) is 9.13. The highest BCUT2D eigenvalue weighted by molar-refractivity contribution is 6.11. The van der Waals surface area contributed by atoms with Crippen LogP contribution in [0, 0.1) is 0 Å². The molecular formula is C29H24N2O2. The highest BCUT2D eigenvalue weighted by Crippen LogP contribution is 2.28. The van der Waals surface area contributed by atoms with Crippen LogP contribution in [0.25, 0.3) is 0 Å². The molecule has 4 aromatic rings. The van der Waals surface area contributed by atoms with Crippen molar-refractivity contribution >= 4 is 28.8 Å². The number of hydrogen-bond donors (Lipinski definition) is 2. The number of nitrogens with one attached hydrogen (secondary N) is 2. The van der Waals surface area contributed by atoms with Crippen molar-refractivity contribution in [3.8, 4) is 0 Å². The molecule has 0 unspecified atom stereocenters. The van der Waals surface area contributed by atoms with Crippen molar-refractivity contribution in [3.63, 3.8) is 0 Å². The van der Waals surface area contributed by atoms with E-state index in [1.54, 1.807) is 0 Å². The average Bonchev–Trinajstić information content (AvgIpc) is 2.96. The third-order valence-corrected chi connectivity index (χ3v) is 5.92. The minimum absolute atomic E-state index is 0.0542. The third kappa shape index (κ3) is 4.70. The maximum Gasteiger partial charge on any atom is 0.228 e. The average molecular weight is 433 g/mol. The van der Waals surface area contributed by atoms with Gasteiger partial charge in [-0.15, -0.1) is 0 Å². The summed E-state index contributed by atoms with van der Waals surface area (Å²) in [5, 5.41) is 6.38. The number of amides is 1. The van der Waals surface area contributed by atoms with E-state index in [9.17, 15) is 9.59 Å². The molecule has 0 spiro atoms. The summed E-state index contributed by atoms with van der Waals surface area (Å²) in [4.78, 5) is 25.4. The lowest BCUT2D eigenvalue weighted by Crippen LogP contribution is -2.14. The fourth-order valence-corrected chi connectivity index (χ4v) is 4.30. The monoisotopic (exact) mass is 432 g/mol. The Kier molecular flexibility index (Phi) is 5.73. The Labute approximate surface area is 193 Å². The van der Waals surface area contributed by atoms with E-state index in [1.807, 2.05) is 91.0 Å². The van der Waals surface area contributed by atoms with Gasteiger partial charge in [-0.05, 0) is 65.9 Å². The first-order valence-corrected chi connectivity index (χ1v) is 11.1. The van der Waals surface area contributed by atoms with Gasteiger partial charge < -0.3 is 10.6 Å². The van der Waals surface area contributed by atoms with Crippen molar-refractivity contribution in [1.82, 2.24) is 0 Å². The van der Waals surface area contributed by atoms with Gasteiger partial charge in [0.2, 0.25) is 5.91 Å². The molecule has 0 aromatic heterocycles. The van der Waals surface area contributed by atoms with E-state index in [1.165, 1.54) is 0 Å². The first-order valence-electron chi connectivity index (χ1n) is 11.1. The maximum absolute atomic E-state index is 13.0. The molecule has 1 aliphatic rings. The molecule has 5 rings (SSSR count). The molecule has 4 heteroatoms. The molecule has 4 nitrogen and oxygen atoms in total. The van der Waals surface area contributed by atoms with Crippen LogP contribution in [0.5, 0.6) is 0 Å². The first kappa shape index (κ1) is 20.7. The van der Waals surface area contributed by atoms with E-state index in [2.05, 4.69) is 16.7 Å². The van der Waals surface area contributed by atoms with Crippen molar-refractivity contribution < 1.29 is 9.59 Å². The Bertz CT molecular complexity index is 1330. The first-order chi connectivity index (χ1) is 16.2. The van der Waals surface area contributed by atoms with E-state index in [0.29, 0.717) is 6.42 Å². The summed E-state index contributed by atoms with van der Waals surface area (Å²) in [6.07, 6.45) is 2.00. The standard InChI is InChI=1S/C29H24N2O2/c32-28(17-20-7-2-1-3-8-20)31-24-11-6-10-23(19-24)30-25-15-16-27-22(18-25)14-13-21-9-4-5-12-26(21)29(27)33/h1-12,15-16,18-19,30H,13-14,17H2,(H,31,32). The Hall–Kier alpha value is -4.18. The highest BCUT2D eigenvalue weighted by atomic mass is 16.1. The summed E-state index contributed by atoms with van der Waals surface area (Å²) < 4.78 is 0. The van der Waals surface area contributed by atoms with Crippen molar-refractivity contribution in [3.05, 3.63) is 125 Å². The fraction of sp³-hybridized carbons (Fsp3) is 0.103. The topological polar surface area (TPSA) is 58.2 Å². The van der Waals surface area contributed by atoms with E-state index >= 15 is 0 Å². The van der Waals surface area contributed by atoms with Crippen LogP contribution in [0.1, 0.15) is 32.6 Å². The van der Waals surface area contributed by atoms with Crippen LogP contribution >= 0.6 is 0 Å². The zero-order chi connectivity index (χ0) is 22.6. The van der Waals surface area contributed by atoms with Crippen molar-refractivity contribution in [2.24, 2.45) is 0 Å². The zero-order valence-corrected chi connectivity index (χ0v) is 18.2. The molecule has 0 heterocycles. The molecule has 0 aliphatic heterocycles. The SMILES string of the molecule is O=C(Cc1ccccc1)Nc1cccc(Nc2ccc3c(c2)CCc2ccccc2C3=O)c1. The summed E-state index contributed by atoms with van der Waals surface area (Å²) in [6.45, 7) is 0. The number of rotatable bonds is 5. The van der Waals surface area contributed by atoms with Crippen LogP contribution < -0.4 is 10.6 Å². The van der Waals surface area contributed by atoms with E-state index in [4.69, 9.17) is 0 Å². The van der Waals surface area contributed by atoms with Crippen LogP contribution in [-0.4, -0.2) is 11.7 Å². The van der Waals surface area contributed by atoms with Crippen molar-refractivity contribution in [2.45, 2.75) is 19.3 Å². The van der Waals surface area contributed by atoms with Gasteiger partial charge in [0.1, 0.15) is 0 Å². The number of carbonyl (C=O) groups is 2. The second-order valence-electron chi connectivity index (χ2n) is 8.27. The lowest BCUT2D eigenvalue weighted by Gasteiger charge is -2.12. The van der Waals surface area contributed by atoms with Gasteiger partial charge >= 0.3 is 0 Å². The predicted molar refractivity (Wildman–Crippen MR) is 132 cm³/mol. The van der Waals surface area contributed by atoms with Crippen molar-refractivity contribution in [2.75, 3.05) is 10.6 Å². The van der Waals surface area contributed by atoms with Crippen LogP contribution in [0.3, 0.4) is 0 Å². The van der Waals surface area contributed by atoms with E-state index in [-0.39, 0.29) is 11.7 Å². The summed E-state index contributed by atoms with van der Waals surface area (Å²) in [7, 11) is 0. The number of hydrogen-bond acceptors (Lipinski definition) is 3. The molecule has 1 aliphatic carbocycles. The summed E-state index contributed by atoms with van der Waals surface area (Å²) >= 11 is 0. The summed E-state index contributed by atoms with van der Waals surface area (Å²) in [6, 6.07) is 31.1. The van der Waals surface area contributed by atoms with Crippen LogP contribution in [0.15, 0.2) is 97.1 Å². The number of anilines is 3. The van der Waals surface area contributed by atoms with Crippen LogP contribution in [-0.2, 0) is 24.1 Å². The molecule has 0 atom stereocenters. The predicted octanol–water partition coefficient (Wildman–Crippen LogP) is 5.94. The molecule has 1 amide bonds. The van der Waals surface area contributed by atoms with Crippen LogP contribution in [0.2, 0.25) is 0 Å². The normalized spacial score (nSPS) is 12.3. The van der Waals surface area contributed by atoms with Gasteiger partial charge in [0.25, 0.3) is 0 Å². The molecule has 162 valence electrons. The molecule has 0 fully saturated rings. The molecule has 0 bridgehead atoms. The lowest BCUT2D eigenvalue weighted by molar-refractivity contribution is -0.115. The van der Waals surface area contributed by atoms with Gasteiger partial charge in [0.15, 0.2) is 5.78 Å². The minimum Gasteiger partial charge on any atom is -0.355 e. The molecule has 4 aromatic carbocycles. The van der Waals surface area contributed by atoms with E-state index in [0.717, 1.165) is 57.7 Å². The van der Waals surface area contributed by atoms with Gasteiger partial charge in [-0.2, -0.15) is 0 Å². The molecular weight excluding hydrogens is 408 g/mol. The Morgan fingerprint density at radius 3 is 2.24 bits per heavy atom. The maximum atomic E-state index is 13.0. The Balaban J connectivity index is 1.30. The smallest absolute Gasteiger partial charge is 0.228 e. The molecule has 0 saturated carbocycles. The van der Waals surface area contributed by atoms with E-state index < -0.39 is 0 Å². The number of ketones is 1. The minimum atomic E-state index is -0.0542. The largest absolute Gasteiger partial charge is 0.355 e. The molecule has 2 N–H and O–H groups in total. The number of benzene rings is 4. The number of aryl methyl sites for hydroxylation is 2. The Morgan fingerprint density at radius 1 is 0.667 bits per heavy atom. The van der Waals surface area contributed by atoms with Gasteiger partial charge in [0, 0.05) is 28.2 Å². The van der Waals surface area contributed by atoms with Gasteiger partial charge in [-0.1, -0.05) is 60.7 Å². The summed E-state index contributed by atoms with van der Waals surface area (Å²) in [5.41, 5.74) is 7.23. The van der Waals surface area contributed by atoms with Crippen LogP contribution in [0.4, 0.5) is 17.1 Å². The third-order valence-electron chi connectivity index (χ3n) is 5.92. The highest BCUT2D eigenvalue weighted by Gasteiger charge is 2.20. The van der Waals surface area contributed by atoms with Gasteiger partial charge in [-0.3, -0.25) is 9.59 Å². The molecule has 0 radical (unpaired) electrons. The molecule has 0 saturated heterocycles. The van der Waals surface area contributed by atoms with Gasteiger partial charge in [0.05, 0.1) is 6.42 Å².